The molecule has 2 heteroatoms. The fourth-order valence-electron chi connectivity index (χ4n) is 2.99. The molecule has 0 aromatic heterocycles. The number of fused-ring (bicyclic) bond motifs is 1. The maximum Gasteiger partial charge on any atom is 0.122 e. The molecular weight excluding hydrogens is 234 g/mol. The predicted octanol–water partition coefficient (Wildman–Crippen LogP) is 3.80. The fraction of sp³-hybridized carbons (Fsp3) is 0.647. The first-order valence-corrected chi connectivity index (χ1v) is 7.79. The molecule has 1 aromatic rings. The number of hydrogen-bond acceptors (Lipinski definition) is 2. The average molecular weight is 261 g/mol. The summed E-state index contributed by atoms with van der Waals surface area (Å²) in [5, 5.41) is 3.66. The Morgan fingerprint density at radius 3 is 2.89 bits per heavy atom. The second-order valence-corrected chi connectivity index (χ2v) is 5.54. The number of benzene rings is 1. The van der Waals surface area contributed by atoms with Crippen LogP contribution in [-0.4, -0.2) is 19.2 Å². The molecule has 0 fully saturated rings. The van der Waals surface area contributed by atoms with Crippen LogP contribution in [0.3, 0.4) is 0 Å². The number of unbranched alkanes of at least 4 members (excludes halogenated alkanes) is 2. The average Bonchev–Trinajstić information content (AvgIpc) is 2.46. The van der Waals surface area contributed by atoms with E-state index in [1.54, 1.807) is 0 Å². The van der Waals surface area contributed by atoms with Crippen LogP contribution in [0.2, 0.25) is 0 Å². The van der Waals surface area contributed by atoms with E-state index in [0.717, 1.165) is 25.3 Å². The Labute approximate surface area is 117 Å². The van der Waals surface area contributed by atoms with Gasteiger partial charge in [0.1, 0.15) is 5.75 Å². The quantitative estimate of drug-likeness (QED) is 0.754. The molecule has 1 aliphatic heterocycles. The van der Waals surface area contributed by atoms with Gasteiger partial charge in [-0.3, -0.25) is 0 Å². The molecule has 2 nitrogen and oxygen atoms in total. The van der Waals surface area contributed by atoms with E-state index in [0.29, 0.717) is 12.0 Å². The molecule has 1 N–H and O–H groups in total. The van der Waals surface area contributed by atoms with E-state index in [1.165, 1.54) is 31.2 Å². The van der Waals surface area contributed by atoms with Crippen molar-refractivity contribution in [3.8, 4) is 5.75 Å². The molecule has 2 unspecified atom stereocenters. The van der Waals surface area contributed by atoms with E-state index < -0.39 is 0 Å². The summed E-state index contributed by atoms with van der Waals surface area (Å²) in [5.41, 5.74) is 1.37. The highest BCUT2D eigenvalue weighted by molar-refractivity contribution is 5.35. The molecule has 0 spiro atoms. The minimum Gasteiger partial charge on any atom is -0.493 e. The minimum absolute atomic E-state index is 0.602. The van der Waals surface area contributed by atoms with Gasteiger partial charge in [-0.15, -0.1) is 0 Å². The molecule has 0 bridgehead atoms. The van der Waals surface area contributed by atoms with Gasteiger partial charge in [-0.1, -0.05) is 51.3 Å². The van der Waals surface area contributed by atoms with Gasteiger partial charge in [-0.05, 0) is 31.0 Å². The highest BCUT2D eigenvalue weighted by Crippen LogP contribution is 2.29. The third-order valence-electron chi connectivity index (χ3n) is 4.06. The van der Waals surface area contributed by atoms with Crippen LogP contribution < -0.4 is 10.1 Å². The number of para-hydroxylation sites is 1. The van der Waals surface area contributed by atoms with Crippen molar-refractivity contribution in [3.63, 3.8) is 0 Å². The first-order valence-electron chi connectivity index (χ1n) is 7.79. The standard InChI is InChI=1S/C17H27NO/c1-3-5-6-10-16(18-4-2)15-12-14-9-7-8-11-17(14)19-13-15/h7-9,11,15-16,18H,3-6,10,12-13H2,1-2H3. The number of nitrogens with one attached hydrogen (secondary N) is 1. The lowest BCUT2D eigenvalue weighted by Gasteiger charge is -2.32. The molecule has 1 heterocycles. The van der Waals surface area contributed by atoms with Gasteiger partial charge in [-0.25, -0.2) is 0 Å². The van der Waals surface area contributed by atoms with Gasteiger partial charge in [0, 0.05) is 12.0 Å². The van der Waals surface area contributed by atoms with Gasteiger partial charge in [0.15, 0.2) is 0 Å². The summed E-state index contributed by atoms with van der Waals surface area (Å²) in [6.07, 6.45) is 6.39. The lowest BCUT2D eigenvalue weighted by Crippen LogP contribution is -2.41. The van der Waals surface area contributed by atoms with E-state index in [9.17, 15) is 0 Å². The second kappa shape index (κ2) is 7.54. The summed E-state index contributed by atoms with van der Waals surface area (Å²) in [6, 6.07) is 9.07. The summed E-state index contributed by atoms with van der Waals surface area (Å²) in [6.45, 7) is 6.38. The zero-order chi connectivity index (χ0) is 13.5. The number of ether oxygens (including phenoxy) is 1. The van der Waals surface area contributed by atoms with Gasteiger partial charge < -0.3 is 10.1 Å². The number of hydrogen-bond donors (Lipinski definition) is 1. The van der Waals surface area contributed by atoms with Crippen molar-refractivity contribution in [2.45, 2.75) is 52.0 Å². The van der Waals surface area contributed by atoms with E-state index in [-0.39, 0.29) is 0 Å². The molecular formula is C17H27NO. The molecule has 0 saturated heterocycles. The van der Waals surface area contributed by atoms with Crippen LogP contribution in [0, 0.1) is 5.92 Å². The summed E-state index contributed by atoms with van der Waals surface area (Å²) in [4.78, 5) is 0. The van der Waals surface area contributed by atoms with E-state index in [1.807, 2.05) is 0 Å². The lowest BCUT2D eigenvalue weighted by atomic mass is 9.87. The van der Waals surface area contributed by atoms with Gasteiger partial charge in [0.05, 0.1) is 6.61 Å². The van der Waals surface area contributed by atoms with Crippen LogP contribution in [0.1, 0.15) is 45.1 Å². The van der Waals surface area contributed by atoms with E-state index in [4.69, 9.17) is 4.74 Å². The summed E-state index contributed by atoms with van der Waals surface area (Å²) in [7, 11) is 0. The van der Waals surface area contributed by atoms with Crippen LogP contribution in [0.15, 0.2) is 24.3 Å². The first-order chi connectivity index (χ1) is 9.35. The SMILES string of the molecule is CCCCCC(NCC)C1COc2ccccc2C1. The molecule has 0 radical (unpaired) electrons. The van der Waals surface area contributed by atoms with Crippen LogP contribution in [-0.2, 0) is 6.42 Å². The lowest BCUT2D eigenvalue weighted by molar-refractivity contribution is 0.178. The van der Waals surface area contributed by atoms with Crippen LogP contribution in [0.5, 0.6) is 5.75 Å². The molecule has 0 aliphatic carbocycles. The molecule has 0 saturated carbocycles. The normalized spacial score (nSPS) is 19.6. The van der Waals surface area contributed by atoms with Crippen molar-refractivity contribution in [2.24, 2.45) is 5.92 Å². The van der Waals surface area contributed by atoms with Crippen molar-refractivity contribution >= 4 is 0 Å². The van der Waals surface area contributed by atoms with Crippen molar-refractivity contribution in [3.05, 3.63) is 29.8 Å². The molecule has 2 atom stereocenters. The largest absolute Gasteiger partial charge is 0.493 e. The zero-order valence-corrected chi connectivity index (χ0v) is 12.3. The molecule has 106 valence electrons. The Bertz CT molecular complexity index is 377. The second-order valence-electron chi connectivity index (χ2n) is 5.54. The Hall–Kier alpha value is -1.02. The Balaban J connectivity index is 1.95. The molecule has 1 aliphatic rings. The van der Waals surface area contributed by atoms with E-state index >= 15 is 0 Å². The van der Waals surface area contributed by atoms with Crippen molar-refractivity contribution in [2.75, 3.05) is 13.2 Å². The van der Waals surface area contributed by atoms with Crippen LogP contribution in [0.25, 0.3) is 0 Å². The van der Waals surface area contributed by atoms with Gasteiger partial charge >= 0.3 is 0 Å². The van der Waals surface area contributed by atoms with Crippen LogP contribution in [0.4, 0.5) is 0 Å². The summed E-state index contributed by atoms with van der Waals surface area (Å²) >= 11 is 0. The third-order valence-corrected chi connectivity index (χ3v) is 4.06. The predicted molar refractivity (Wildman–Crippen MR) is 80.7 cm³/mol. The monoisotopic (exact) mass is 261 g/mol. The maximum absolute atomic E-state index is 5.93. The van der Waals surface area contributed by atoms with Crippen molar-refractivity contribution in [1.29, 1.82) is 0 Å². The zero-order valence-electron chi connectivity index (χ0n) is 12.3. The Kier molecular flexibility index (Phi) is 5.71. The molecule has 0 amide bonds. The third kappa shape index (κ3) is 3.97. The minimum atomic E-state index is 0.602. The smallest absolute Gasteiger partial charge is 0.122 e. The van der Waals surface area contributed by atoms with Crippen molar-refractivity contribution < 1.29 is 4.74 Å². The fourth-order valence-corrected chi connectivity index (χ4v) is 2.99. The highest BCUT2D eigenvalue weighted by atomic mass is 16.5. The van der Waals surface area contributed by atoms with E-state index in [2.05, 4.69) is 43.4 Å². The Morgan fingerprint density at radius 2 is 2.11 bits per heavy atom. The highest BCUT2D eigenvalue weighted by Gasteiger charge is 2.26. The topological polar surface area (TPSA) is 21.3 Å². The summed E-state index contributed by atoms with van der Waals surface area (Å²) in [5.74, 6) is 1.70. The Morgan fingerprint density at radius 1 is 1.26 bits per heavy atom. The maximum atomic E-state index is 5.93. The molecule has 2 rings (SSSR count). The van der Waals surface area contributed by atoms with Crippen molar-refractivity contribution in [1.82, 2.24) is 5.32 Å². The number of rotatable bonds is 7. The van der Waals surface area contributed by atoms with Gasteiger partial charge in [0.25, 0.3) is 0 Å². The van der Waals surface area contributed by atoms with Crippen LogP contribution >= 0.6 is 0 Å². The van der Waals surface area contributed by atoms with Gasteiger partial charge in [0.2, 0.25) is 0 Å². The van der Waals surface area contributed by atoms with Gasteiger partial charge in [-0.2, -0.15) is 0 Å². The first kappa shape index (κ1) is 14.4. The molecule has 19 heavy (non-hydrogen) atoms. The summed E-state index contributed by atoms with van der Waals surface area (Å²) < 4.78 is 5.93. The molecule has 1 aromatic carbocycles.